The number of thiocarbonyl (C=S) groups is 1. The van der Waals surface area contributed by atoms with Crippen molar-refractivity contribution in [2.45, 2.75) is 44.0 Å². The summed E-state index contributed by atoms with van der Waals surface area (Å²) in [5.41, 5.74) is 6.89. The van der Waals surface area contributed by atoms with Crippen LogP contribution in [0.5, 0.6) is 0 Å². The van der Waals surface area contributed by atoms with Crippen LogP contribution >= 0.6 is 12.2 Å². The molecule has 0 radical (unpaired) electrons. The molecule has 1 unspecified atom stereocenters. The Hall–Kier alpha value is -0.980. The third-order valence-electron chi connectivity index (χ3n) is 3.49. The van der Waals surface area contributed by atoms with E-state index in [2.05, 4.69) is 4.72 Å². The van der Waals surface area contributed by atoms with Crippen molar-refractivity contribution in [1.82, 2.24) is 4.72 Å². The summed E-state index contributed by atoms with van der Waals surface area (Å²) < 4.78 is 27.5. The van der Waals surface area contributed by atoms with E-state index in [0.29, 0.717) is 21.9 Å². The molecule has 110 valence electrons. The molecule has 2 rings (SSSR count). The van der Waals surface area contributed by atoms with Gasteiger partial charge in [0, 0.05) is 11.6 Å². The molecule has 1 aliphatic rings. The Kier molecular flexibility index (Phi) is 4.46. The van der Waals surface area contributed by atoms with Crippen molar-refractivity contribution >= 4 is 27.2 Å². The maximum Gasteiger partial charge on any atom is 0.241 e. The maximum atomic E-state index is 12.4. The summed E-state index contributed by atoms with van der Waals surface area (Å²) in [6.45, 7) is 3.66. The number of sulfonamides is 1. The highest BCUT2D eigenvalue weighted by Crippen LogP contribution is 2.33. The van der Waals surface area contributed by atoms with Gasteiger partial charge in [-0.05, 0) is 43.9 Å². The summed E-state index contributed by atoms with van der Waals surface area (Å²) in [5.74, 6) is 0.686. The minimum atomic E-state index is -3.48. The lowest BCUT2D eigenvalue weighted by Crippen LogP contribution is -2.33. The van der Waals surface area contributed by atoms with Crippen molar-refractivity contribution in [2.75, 3.05) is 0 Å². The van der Waals surface area contributed by atoms with Crippen LogP contribution < -0.4 is 10.5 Å². The Morgan fingerprint density at radius 2 is 2.15 bits per heavy atom. The van der Waals surface area contributed by atoms with Crippen molar-refractivity contribution in [3.63, 3.8) is 0 Å². The van der Waals surface area contributed by atoms with Gasteiger partial charge in [-0.2, -0.15) is 0 Å². The Bertz CT molecular complexity index is 622. The second-order valence-electron chi connectivity index (χ2n) is 5.55. The standard InChI is InChI=1S/C14H20N2O2S2/c1-9-7-12(14(15)19)5-6-13(9)20(17,18)16-10(2)8-11-3-4-11/h5-7,10-11,16H,3-4,8H2,1-2H3,(H2,15,19). The van der Waals surface area contributed by atoms with Crippen LogP contribution in [0, 0.1) is 12.8 Å². The minimum absolute atomic E-state index is 0.0397. The Morgan fingerprint density at radius 1 is 1.50 bits per heavy atom. The molecule has 0 amide bonds. The van der Waals surface area contributed by atoms with Gasteiger partial charge in [0.2, 0.25) is 10.0 Å². The number of nitrogens with two attached hydrogens (primary N) is 1. The summed E-state index contributed by atoms with van der Waals surface area (Å²) in [5, 5.41) is 0. The molecule has 0 spiro atoms. The maximum absolute atomic E-state index is 12.4. The minimum Gasteiger partial charge on any atom is -0.389 e. The smallest absolute Gasteiger partial charge is 0.241 e. The molecule has 1 atom stereocenters. The average Bonchev–Trinajstić information content (AvgIpc) is 3.11. The van der Waals surface area contributed by atoms with Gasteiger partial charge in [0.25, 0.3) is 0 Å². The lowest BCUT2D eigenvalue weighted by Gasteiger charge is -2.15. The van der Waals surface area contributed by atoms with Crippen molar-refractivity contribution in [3.8, 4) is 0 Å². The van der Waals surface area contributed by atoms with E-state index in [9.17, 15) is 8.42 Å². The second-order valence-corrected chi connectivity index (χ2v) is 7.67. The molecule has 1 aromatic rings. The molecular formula is C14H20N2O2S2. The lowest BCUT2D eigenvalue weighted by molar-refractivity contribution is 0.529. The second kappa shape index (κ2) is 5.79. The molecule has 1 aromatic carbocycles. The first-order valence-corrected chi connectivity index (χ1v) is 8.61. The third kappa shape index (κ3) is 3.77. The predicted molar refractivity (Wildman–Crippen MR) is 84.2 cm³/mol. The van der Waals surface area contributed by atoms with Crippen molar-refractivity contribution < 1.29 is 8.42 Å². The Balaban J connectivity index is 2.17. The number of benzene rings is 1. The molecule has 0 aliphatic heterocycles. The first kappa shape index (κ1) is 15.4. The van der Waals surface area contributed by atoms with Gasteiger partial charge in [-0.3, -0.25) is 0 Å². The fourth-order valence-electron chi connectivity index (χ4n) is 2.33. The van der Waals surface area contributed by atoms with Crippen LogP contribution in [-0.2, 0) is 10.0 Å². The van der Waals surface area contributed by atoms with Gasteiger partial charge in [0.05, 0.1) is 4.90 Å². The van der Waals surface area contributed by atoms with E-state index >= 15 is 0 Å². The predicted octanol–water partition coefficient (Wildman–Crippen LogP) is 2.10. The quantitative estimate of drug-likeness (QED) is 0.789. The number of hydrogen-bond donors (Lipinski definition) is 2. The third-order valence-corrected chi connectivity index (χ3v) is 5.47. The molecule has 1 fully saturated rings. The van der Waals surface area contributed by atoms with Gasteiger partial charge in [0.1, 0.15) is 4.99 Å². The zero-order chi connectivity index (χ0) is 14.9. The fourth-order valence-corrected chi connectivity index (χ4v) is 3.94. The summed E-state index contributed by atoms with van der Waals surface area (Å²) in [7, 11) is -3.48. The molecule has 3 N–H and O–H groups in total. The van der Waals surface area contributed by atoms with E-state index in [-0.39, 0.29) is 11.0 Å². The van der Waals surface area contributed by atoms with Crippen molar-refractivity contribution in [2.24, 2.45) is 11.7 Å². The van der Waals surface area contributed by atoms with E-state index in [4.69, 9.17) is 18.0 Å². The van der Waals surface area contributed by atoms with Crippen LogP contribution in [0.3, 0.4) is 0 Å². The van der Waals surface area contributed by atoms with Crippen LogP contribution in [0.1, 0.15) is 37.3 Å². The van der Waals surface area contributed by atoms with Crippen LogP contribution in [0.15, 0.2) is 23.1 Å². The van der Waals surface area contributed by atoms with Crippen LogP contribution in [0.25, 0.3) is 0 Å². The highest BCUT2D eigenvalue weighted by molar-refractivity contribution is 7.89. The molecular weight excluding hydrogens is 292 g/mol. The first-order chi connectivity index (χ1) is 9.29. The molecule has 0 heterocycles. The van der Waals surface area contributed by atoms with Gasteiger partial charge in [0.15, 0.2) is 0 Å². The van der Waals surface area contributed by atoms with E-state index in [1.54, 1.807) is 25.1 Å². The first-order valence-electron chi connectivity index (χ1n) is 6.72. The number of nitrogens with one attached hydrogen (secondary N) is 1. The summed E-state index contributed by atoms with van der Waals surface area (Å²) >= 11 is 4.90. The molecule has 0 saturated heterocycles. The summed E-state index contributed by atoms with van der Waals surface area (Å²) in [4.78, 5) is 0.562. The van der Waals surface area contributed by atoms with Crippen LogP contribution in [0.2, 0.25) is 0 Å². The van der Waals surface area contributed by atoms with Crippen LogP contribution in [0.4, 0.5) is 0 Å². The summed E-state index contributed by atoms with van der Waals surface area (Å²) in [6.07, 6.45) is 3.34. The Morgan fingerprint density at radius 3 is 2.65 bits per heavy atom. The van der Waals surface area contributed by atoms with Crippen LogP contribution in [-0.4, -0.2) is 19.4 Å². The number of hydrogen-bond acceptors (Lipinski definition) is 3. The molecule has 4 nitrogen and oxygen atoms in total. The number of aryl methyl sites for hydroxylation is 1. The summed E-state index contributed by atoms with van der Waals surface area (Å²) in [6, 6.07) is 4.88. The monoisotopic (exact) mass is 312 g/mol. The topological polar surface area (TPSA) is 72.2 Å². The zero-order valence-corrected chi connectivity index (χ0v) is 13.4. The van der Waals surface area contributed by atoms with E-state index in [1.807, 2.05) is 6.92 Å². The molecule has 0 bridgehead atoms. The van der Waals surface area contributed by atoms with Gasteiger partial charge >= 0.3 is 0 Å². The normalized spacial score (nSPS) is 16.9. The van der Waals surface area contributed by atoms with Crippen molar-refractivity contribution in [3.05, 3.63) is 29.3 Å². The molecule has 0 aromatic heterocycles. The van der Waals surface area contributed by atoms with Gasteiger partial charge in [-0.25, -0.2) is 13.1 Å². The Labute approximate surface area is 125 Å². The highest BCUT2D eigenvalue weighted by atomic mass is 32.2. The molecule has 1 saturated carbocycles. The highest BCUT2D eigenvalue weighted by Gasteiger charge is 2.26. The number of rotatable bonds is 6. The van der Waals surface area contributed by atoms with Crippen molar-refractivity contribution in [1.29, 1.82) is 0 Å². The lowest BCUT2D eigenvalue weighted by atomic mass is 10.1. The molecule has 20 heavy (non-hydrogen) atoms. The van der Waals surface area contributed by atoms with E-state index in [0.717, 1.165) is 6.42 Å². The van der Waals surface area contributed by atoms with Gasteiger partial charge in [-0.1, -0.05) is 31.1 Å². The molecule has 1 aliphatic carbocycles. The molecule has 6 heteroatoms. The zero-order valence-electron chi connectivity index (χ0n) is 11.7. The van der Waals surface area contributed by atoms with Gasteiger partial charge in [-0.15, -0.1) is 0 Å². The van der Waals surface area contributed by atoms with Gasteiger partial charge < -0.3 is 5.73 Å². The average molecular weight is 312 g/mol. The largest absolute Gasteiger partial charge is 0.389 e. The van der Waals surface area contributed by atoms with E-state index < -0.39 is 10.0 Å². The van der Waals surface area contributed by atoms with E-state index in [1.165, 1.54) is 12.8 Å². The SMILES string of the molecule is Cc1cc(C(N)=S)ccc1S(=O)(=O)NC(C)CC1CC1. The fraction of sp³-hybridized carbons (Fsp3) is 0.500.